The lowest BCUT2D eigenvalue weighted by Crippen LogP contribution is -2.41. The molecule has 0 spiro atoms. The molecule has 0 radical (unpaired) electrons. The number of amides is 1. The van der Waals surface area contributed by atoms with Crippen LogP contribution < -0.4 is 5.32 Å². The van der Waals surface area contributed by atoms with Crippen molar-refractivity contribution in [2.75, 3.05) is 11.9 Å². The Morgan fingerprint density at radius 3 is 2.54 bits per heavy atom. The summed E-state index contributed by atoms with van der Waals surface area (Å²) >= 11 is 0. The maximum absolute atomic E-state index is 12.8. The Kier molecular flexibility index (Phi) is 5.38. The number of piperidine rings is 1. The highest BCUT2D eigenvalue weighted by Gasteiger charge is 2.30. The van der Waals surface area contributed by atoms with Gasteiger partial charge in [-0.15, -0.1) is 0 Å². The smallest absolute Gasteiger partial charge is 0.256 e. The van der Waals surface area contributed by atoms with Gasteiger partial charge in [0.25, 0.3) is 5.91 Å². The molecule has 1 aliphatic rings. The summed E-state index contributed by atoms with van der Waals surface area (Å²) < 4.78 is 27.2. The van der Waals surface area contributed by atoms with Crippen LogP contribution in [0.5, 0.6) is 0 Å². The van der Waals surface area contributed by atoms with E-state index in [0.29, 0.717) is 17.9 Å². The molecule has 0 unspecified atom stereocenters. The highest BCUT2D eigenvalue weighted by molar-refractivity contribution is 7.89. The molecular formula is C19H23N3O3S. The number of anilines is 1. The van der Waals surface area contributed by atoms with Crippen molar-refractivity contribution in [3.05, 3.63) is 53.7 Å². The van der Waals surface area contributed by atoms with Crippen molar-refractivity contribution in [3.63, 3.8) is 0 Å². The second-order valence-electron chi connectivity index (χ2n) is 6.60. The van der Waals surface area contributed by atoms with E-state index in [1.807, 2.05) is 26.0 Å². The van der Waals surface area contributed by atoms with Gasteiger partial charge in [0.2, 0.25) is 10.0 Å². The van der Waals surface area contributed by atoms with Crippen LogP contribution in [0, 0.1) is 6.92 Å². The lowest BCUT2D eigenvalue weighted by Gasteiger charge is -2.32. The first-order valence-corrected chi connectivity index (χ1v) is 10.2. The number of sulfonamides is 1. The van der Waals surface area contributed by atoms with Gasteiger partial charge in [0.1, 0.15) is 5.82 Å². The minimum absolute atomic E-state index is 0.00381. The van der Waals surface area contributed by atoms with E-state index >= 15 is 0 Å². The van der Waals surface area contributed by atoms with Gasteiger partial charge in [0, 0.05) is 23.8 Å². The van der Waals surface area contributed by atoms with Crippen LogP contribution in [0.3, 0.4) is 0 Å². The number of rotatable bonds is 4. The Hall–Kier alpha value is -2.25. The van der Waals surface area contributed by atoms with Crippen molar-refractivity contribution >= 4 is 21.7 Å². The molecular weight excluding hydrogens is 350 g/mol. The lowest BCUT2D eigenvalue weighted by molar-refractivity contribution is 0.102. The maximum Gasteiger partial charge on any atom is 0.256 e. The lowest BCUT2D eigenvalue weighted by atomic mass is 10.1. The summed E-state index contributed by atoms with van der Waals surface area (Å²) in [5.41, 5.74) is 1.19. The molecule has 6 nitrogen and oxygen atoms in total. The van der Waals surface area contributed by atoms with Gasteiger partial charge in [0.15, 0.2) is 0 Å². The second kappa shape index (κ2) is 7.55. The molecule has 138 valence electrons. The third kappa shape index (κ3) is 3.94. The summed E-state index contributed by atoms with van der Waals surface area (Å²) in [6, 6.07) is 11.4. The van der Waals surface area contributed by atoms with Crippen LogP contribution in [-0.2, 0) is 10.0 Å². The SMILES string of the molecule is Cc1cccc(NC(=O)c2ccc(S(=O)(=O)N3CCCC[C@@H]3C)cc2)n1. The molecule has 1 aromatic heterocycles. The summed E-state index contributed by atoms with van der Waals surface area (Å²) in [7, 11) is -3.53. The number of nitrogens with one attached hydrogen (secondary N) is 1. The zero-order valence-electron chi connectivity index (χ0n) is 15.0. The number of hydrogen-bond donors (Lipinski definition) is 1. The van der Waals surface area contributed by atoms with Crippen molar-refractivity contribution in [2.45, 2.75) is 44.0 Å². The van der Waals surface area contributed by atoms with E-state index in [1.54, 1.807) is 10.4 Å². The summed E-state index contributed by atoms with van der Waals surface area (Å²) in [4.78, 5) is 16.8. The standard InChI is InChI=1S/C19H23N3O3S/c1-14-6-5-8-18(20-14)21-19(23)16-9-11-17(12-10-16)26(24,25)22-13-4-3-7-15(22)2/h5-6,8-12,15H,3-4,7,13H2,1-2H3,(H,20,21,23)/t15-/m0/s1. The average molecular weight is 373 g/mol. The molecule has 1 aliphatic heterocycles. The monoisotopic (exact) mass is 373 g/mol. The fraction of sp³-hybridized carbons (Fsp3) is 0.368. The Morgan fingerprint density at radius 2 is 1.88 bits per heavy atom. The quantitative estimate of drug-likeness (QED) is 0.892. The molecule has 1 amide bonds. The molecule has 0 aliphatic carbocycles. The van der Waals surface area contributed by atoms with E-state index < -0.39 is 10.0 Å². The van der Waals surface area contributed by atoms with Gasteiger partial charge < -0.3 is 5.32 Å². The minimum Gasteiger partial charge on any atom is -0.307 e. The number of aryl methyl sites for hydroxylation is 1. The highest BCUT2D eigenvalue weighted by Crippen LogP contribution is 2.25. The Labute approximate surface area is 154 Å². The largest absolute Gasteiger partial charge is 0.307 e. The van der Waals surface area contributed by atoms with E-state index in [4.69, 9.17) is 0 Å². The zero-order chi connectivity index (χ0) is 18.7. The Bertz CT molecular complexity index is 895. The van der Waals surface area contributed by atoms with Gasteiger partial charge >= 0.3 is 0 Å². The van der Waals surface area contributed by atoms with Gasteiger partial charge in [-0.25, -0.2) is 13.4 Å². The second-order valence-corrected chi connectivity index (χ2v) is 8.49. The Balaban J connectivity index is 1.76. The molecule has 1 fully saturated rings. The first-order valence-electron chi connectivity index (χ1n) is 8.75. The fourth-order valence-corrected chi connectivity index (χ4v) is 4.84. The zero-order valence-corrected chi connectivity index (χ0v) is 15.8. The number of carbonyl (C=O) groups excluding carboxylic acids is 1. The number of benzene rings is 1. The van der Waals surface area contributed by atoms with Gasteiger partial charge in [-0.1, -0.05) is 12.5 Å². The molecule has 2 heterocycles. The van der Waals surface area contributed by atoms with Crippen LogP contribution in [0.1, 0.15) is 42.2 Å². The topological polar surface area (TPSA) is 79.4 Å². The van der Waals surface area contributed by atoms with Crippen molar-refractivity contribution < 1.29 is 13.2 Å². The van der Waals surface area contributed by atoms with Gasteiger partial charge in [-0.05, 0) is 63.1 Å². The summed E-state index contributed by atoms with van der Waals surface area (Å²) in [6.07, 6.45) is 2.82. The van der Waals surface area contributed by atoms with Crippen LogP contribution in [0.2, 0.25) is 0 Å². The van der Waals surface area contributed by atoms with E-state index in [9.17, 15) is 13.2 Å². The molecule has 1 saturated heterocycles. The molecule has 0 bridgehead atoms. The number of nitrogens with zero attached hydrogens (tertiary/aromatic N) is 2. The van der Waals surface area contributed by atoms with Crippen molar-refractivity contribution in [2.24, 2.45) is 0 Å². The van der Waals surface area contributed by atoms with Crippen molar-refractivity contribution in [1.29, 1.82) is 0 Å². The number of carbonyl (C=O) groups is 1. The first kappa shape index (κ1) is 18.5. The average Bonchev–Trinajstić information content (AvgIpc) is 2.62. The predicted molar refractivity (Wildman–Crippen MR) is 101 cm³/mol. The van der Waals surface area contributed by atoms with Crippen LogP contribution in [0.15, 0.2) is 47.4 Å². The van der Waals surface area contributed by atoms with Crippen molar-refractivity contribution in [3.8, 4) is 0 Å². The number of pyridine rings is 1. The predicted octanol–water partition coefficient (Wildman–Crippen LogP) is 3.21. The minimum atomic E-state index is -3.53. The van der Waals surface area contributed by atoms with E-state index in [0.717, 1.165) is 25.0 Å². The fourth-order valence-electron chi connectivity index (χ4n) is 3.14. The van der Waals surface area contributed by atoms with Crippen LogP contribution in [-0.4, -0.2) is 36.2 Å². The van der Waals surface area contributed by atoms with Crippen LogP contribution in [0.4, 0.5) is 5.82 Å². The number of aromatic nitrogens is 1. The molecule has 1 atom stereocenters. The van der Waals surface area contributed by atoms with Crippen LogP contribution in [0.25, 0.3) is 0 Å². The molecule has 7 heteroatoms. The Morgan fingerprint density at radius 1 is 1.15 bits per heavy atom. The molecule has 0 saturated carbocycles. The number of hydrogen-bond acceptors (Lipinski definition) is 4. The molecule has 3 rings (SSSR count). The van der Waals surface area contributed by atoms with Crippen molar-refractivity contribution in [1.82, 2.24) is 9.29 Å². The molecule has 26 heavy (non-hydrogen) atoms. The third-order valence-corrected chi connectivity index (χ3v) is 6.62. The van der Waals surface area contributed by atoms with Gasteiger partial charge in [0.05, 0.1) is 4.90 Å². The first-order chi connectivity index (χ1) is 12.4. The highest BCUT2D eigenvalue weighted by atomic mass is 32.2. The molecule has 2 aromatic rings. The summed E-state index contributed by atoms with van der Waals surface area (Å²) in [5.74, 6) is 0.146. The third-order valence-electron chi connectivity index (χ3n) is 4.60. The van der Waals surface area contributed by atoms with Gasteiger partial charge in [-0.3, -0.25) is 4.79 Å². The summed E-state index contributed by atoms with van der Waals surface area (Å²) in [6.45, 7) is 4.33. The van der Waals surface area contributed by atoms with E-state index in [-0.39, 0.29) is 16.8 Å². The van der Waals surface area contributed by atoms with Gasteiger partial charge in [-0.2, -0.15) is 4.31 Å². The van der Waals surface area contributed by atoms with E-state index in [1.165, 1.54) is 24.3 Å². The van der Waals surface area contributed by atoms with E-state index in [2.05, 4.69) is 10.3 Å². The normalized spacial score (nSPS) is 18.5. The summed E-state index contributed by atoms with van der Waals surface area (Å²) in [5, 5.41) is 2.72. The molecule has 1 aromatic carbocycles. The molecule has 1 N–H and O–H groups in total. The maximum atomic E-state index is 12.8. The van der Waals surface area contributed by atoms with Crippen LogP contribution >= 0.6 is 0 Å².